The summed E-state index contributed by atoms with van der Waals surface area (Å²) in [5.41, 5.74) is 0. The molecular weight excluding hydrogens is 333 g/mol. The summed E-state index contributed by atoms with van der Waals surface area (Å²) < 4.78 is 0. The summed E-state index contributed by atoms with van der Waals surface area (Å²) >= 11 is 0. The largest absolute Gasteiger partial charge is 1.00 e. The van der Waals surface area contributed by atoms with Gasteiger partial charge in [0.1, 0.15) is 0 Å². The van der Waals surface area contributed by atoms with Crippen LogP contribution in [0.1, 0.15) is 90.4 Å². The summed E-state index contributed by atoms with van der Waals surface area (Å²) in [6.45, 7) is 2.21. The fraction of sp³-hybridized carbons (Fsp3) is 0.833. The van der Waals surface area contributed by atoms with E-state index in [9.17, 15) is 19.5 Å². The van der Waals surface area contributed by atoms with Crippen LogP contribution in [0.2, 0.25) is 0 Å². The van der Waals surface area contributed by atoms with Crippen molar-refractivity contribution in [3.63, 3.8) is 0 Å². The molecule has 1 atom stereocenters. The Morgan fingerprint density at radius 1 is 0.880 bits per heavy atom. The molecule has 0 spiro atoms. The number of nitrogens with one attached hydrogen (secondary N) is 1. The Kier molecular flexibility index (Phi) is 19.4. The zero-order valence-corrected chi connectivity index (χ0v) is 17.8. The number of carbonyl (C=O) groups excluding carboxylic acids is 2. The Morgan fingerprint density at radius 3 is 1.72 bits per heavy atom. The van der Waals surface area contributed by atoms with Gasteiger partial charge in [0.25, 0.3) is 0 Å². The van der Waals surface area contributed by atoms with E-state index in [0.717, 1.165) is 19.3 Å². The molecule has 0 aliphatic heterocycles. The maximum absolute atomic E-state index is 11.6. The van der Waals surface area contributed by atoms with Crippen LogP contribution in [0.5, 0.6) is 0 Å². The van der Waals surface area contributed by atoms with Crippen molar-refractivity contribution in [1.82, 2.24) is 5.32 Å². The van der Waals surface area contributed by atoms with Crippen LogP contribution in [0.15, 0.2) is 0 Å². The number of aliphatic carboxylic acids is 2. The average Bonchev–Trinajstić information content (AvgIpc) is 2.51. The fourth-order valence-electron chi connectivity index (χ4n) is 2.58. The van der Waals surface area contributed by atoms with Gasteiger partial charge in [-0.15, -0.1) is 0 Å². The summed E-state index contributed by atoms with van der Waals surface area (Å²) in [7, 11) is 0. The topological polar surface area (TPSA) is 107 Å². The summed E-state index contributed by atoms with van der Waals surface area (Å²) in [6.07, 6.45) is 12.5. The predicted octanol–water partition coefficient (Wildman–Crippen LogP) is -0.599. The Balaban J connectivity index is 0. The maximum Gasteiger partial charge on any atom is 1.00 e. The number of hydrogen-bond acceptors (Lipinski definition) is 4. The van der Waals surface area contributed by atoms with E-state index in [-0.39, 0.29) is 36.0 Å². The summed E-state index contributed by atoms with van der Waals surface area (Å²) in [5.74, 6) is -3.27. The molecule has 0 fully saturated rings. The molecule has 0 saturated carbocycles. The quantitative estimate of drug-likeness (QED) is 0.281. The van der Waals surface area contributed by atoms with Crippen molar-refractivity contribution in [2.45, 2.75) is 96.4 Å². The first kappa shape index (κ1) is 26.6. The number of rotatable bonds is 16. The van der Waals surface area contributed by atoms with Gasteiger partial charge in [-0.3, -0.25) is 9.59 Å². The smallest absolute Gasteiger partial charge is 0.548 e. The molecule has 0 saturated heterocycles. The van der Waals surface area contributed by atoms with E-state index in [1.165, 1.54) is 44.9 Å². The van der Waals surface area contributed by atoms with Crippen LogP contribution in [0, 0.1) is 0 Å². The minimum absolute atomic E-state index is 0. The summed E-state index contributed by atoms with van der Waals surface area (Å²) in [4.78, 5) is 32.9. The third kappa shape index (κ3) is 18.0. The first-order chi connectivity index (χ1) is 11.5. The van der Waals surface area contributed by atoms with Gasteiger partial charge < -0.3 is 20.3 Å². The number of unbranched alkanes of at least 4 members (excludes halogenated alkanes) is 10. The van der Waals surface area contributed by atoms with Crippen molar-refractivity contribution in [2.24, 2.45) is 0 Å². The Morgan fingerprint density at radius 2 is 1.32 bits per heavy atom. The van der Waals surface area contributed by atoms with E-state index in [1.807, 2.05) is 0 Å². The van der Waals surface area contributed by atoms with Gasteiger partial charge in [-0.1, -0.05) is 71.1 Å². The van der Waals surface area contributed by atoms with Crippen molar-refractivity contribution >= 4 is 17.8 Å². The summed E-state index contributed by atoms with van der Waals surface area (Å²) in [6, 6.07) is -1.46. The van der Waals surface area contributed by atoms with Gasteiger partial charge in [0, 0.05) is 6.42 Å². The van der Waals surface area contributed by atoms with E-state index >= 15 is 0 Å². The monoisotopic (exact) mass is 365 g/mol. The minimum Gasteiger partial charge on any atom is -0.548 e. The Hall–Kier alpha value is -0.590. The maximum atomic E-state index is 11.6. The zero-order chi connectivity index (χ0) is 18.2. The van der Waals surface area contributed by atoms with Gasteiger partial charge in [-0.2, -0.15) is 0 Å². The minimum atomic E-state index is -1.57. The molecule has 0 unspecified atom stereocenters. The van der Waals surface area contributed by atoms with Crippen LogP contribution < -0.4 is 40.0 Å². The van der Waals surface area contributed by atoms with Crippen molar-refractivity contribution in [2.75, 3.05) is 0 Å². The molecule has 6 nitrogen and oxygen atoms in total. The van der Waals surface area contributed by atoms with Gasteiger partial charge in [0.2, 0.25) is 5.91 Å². The van der Waals surface area contributed by atoms with Crippen LogP contribution in [0.3, 0.4) is 0 Å². The third-order valence-corrected chi connectivity index (χ3v) is 4.01. The molecule has 25 heavy (non-hydrogen) atoms. The second-order valence-electron chi connectivity index (χ2n) is 6.32. The molecule has 2 N–H and O–H groups in total. The van der Waals surface area contributed by atoms with Crippen molar-refractivity contribution < 1.29 is 54.2 Å². The molecule has 1 amide bonds. The average molecular weight is 365 g/mol. The van der Waals surface area contributed by atoms with Gasteiger partial charge in [0.05, 0.1) is 18.4 Å². The van der Waals surface area contributed by atoms with E-state index in [1.54, 1.807) is 0 Å². The predicted molar refractivity (Wildman–Crippen MR) is 90.3 cm³/mol. The van der Waals surface area contributed by atoms with Crippen LogP contribution in [0.25, 0.3) is 0 Å². The molecule has 0 radical (unpaired) electrons. The van der Waals surface area contributed by atoms with Crippen LogP contribution >= 0.6 is 0 Å². The van der Waals surface area contributed by atoms with E-state index in [4.69, 9.17) is 5.11 Å². The first-order valence-electron chi connectivity index (χ1n) is 9.19. The Labute approximate surface area is 173 Å². The molecule has 0 aromatic carbocycles. The second kappa shape index (κ2) is 18.2. The van der Waals surface area contributed by atoms with Crippen LogP contribution in [-0.2, 0) is 14.4 Å². The number of carboxylic acids is 2. The van der Waals surface area contributed by atoms with E-state index in [2.05, 4.69) is 12.2 Å². The van der Waals surface area contributed by atoms with Crippen molar-refractivity contribution in [1.29, 1.82) is 0 Å². The molecule has 0 aliphatic carbocycles. The molecule has 0 aliphatic rings. The zero-order valence-electron chi connectivity index (χ0n) is 15.8. The molecule has 0 heterocycles. The number of hydrogen-bond donors (Lipinski definition) is 2. The van der Waals surface area contributed by atoms with Crippen LogP contribution in [-0.4, -0.2) is 29.0 Å². The SMILES string of the molecule is CCCCCCCCCCCCCC(=O)N[C@@H](CC(=O)O)C(=O)[O-].[Na+]. The van der Waals surface area contributed by atoms with Gasteiger partial charge >= 0.3 is 35.5 Å². The van der Waals surface area contributed by atoms with Gasteiger partial charge in [-0.25, -0.2) is 0 Å². The number of amides is 1. The molecule has 140 valence electrons. The van der Waals surface area contributed by atoms with Crippen molar-refractivity contribution in [3.8, 4) is 0 Å². The molecule has 0 aromatic heterocycles. The second-order valence-corrected chi connectivity index (χ2v) is 6.32. The van der Waals surface area contributed by atoms with Gasteiger partial charge in [-0.05, 0) is 6.42 Å². The third-order valence-electron chi connectivity index (χ3n) is 4.01. The Bertz CT molecular complexity index is 376. The van der Waals surface area contributed by atoms with E-state index < -0.39 is 30.3 Å². The molecule has 0 rings (SSSR count). The summed E-state index contributed by atoms with van der Waals surface area (Å²) in [5, 5.41) is 21.5. The normalized spacial score (nSPS) is 11.4. The molecular formula is C18H32NNaO5. The number of carbonyl (C=O) groups is 3. The fourth-order valence-corrected chi connectivity index (χ4v) is 2.58. The van der Waals surface area contributed by atoms with Crippen LogP contribution in [0.4, 0.5) is 0 Å². The van der Waals surface area contributed by atoms with Gasteiger partial charge in [0.15, 0.2) is 0 Å². The molecule has 7 heteroatoms. The first-order valence-corrected chi connectivity index (χ1v) is 9.19. The molecule has 0 bridgehead atoms. The van der Waals surface area contributed by atoms with Crippen molar-refractivity contribution in [3.05, 3.63) is 0 Å². The standard InChI is InChI=1S/C18H33NO5.Na/c1-2-3-4-5-6-7-8-9-10-11-12-13-16(20)19-15(18(23)24)14-17(21)22;/h15H,2-14H2,1H3,(H,19,20)(H,21,22)(H,23,24);/q;+1/p-1/t15-;/m0./s1. The number of carboxylic acid groups (broad SMARTS) is 2. The van der Waals surface area contributed by atoms with E-state index in [0.29, 0.717) is 6.42 Å². The molecule has 0 aromatic rings.